The normalized spacial score (nSPS) is 22.7. The van der Waals surface area contributed by atoms with Gasteiger partial charge in [0.15, 0.2) is 0 Å². The summed E-state index contributed by atoms with van der Waals surface area (Å²) in [6.07, 6.45) is 5.83. The van der Waals surface area contributed by atoms with Gasteiger partial charge >= 0.3 is 0 Å². The van der Waals surface area contributed by atoms with Gasteiger partial charge in [0.1, 0.15) is 0 Å². The van der Waals surface area contributed by atoms with Crippen LogP contribution in [0.15, 0.2) is 0 Å². The highest BCUT2D eigenvalue weighted by Crippen LogP contribution is 2.35. The highest BCUT2D eigenvalue weighted by atomic mass is 15.2. The molecule has 1 aliphatic heterocycles. The zero-order chi connectivity index (χ0) is 10.6. The molecule has 0 radical (unpaired) electrons. The van der Waals surface area contributed by atoms with Crippen LogP contribution in [0.3, 0.4) is 0 Å². The lowest BCUT2D eigenvalue weighted by molar-refractivity contribution is 0.276. The molecule has 2 aliphatic rings. The van der Waals surface area contributed by atoms with E-state index < -0.39 is 0 Å². The molecular weight excluding hydrogens is 170 g/mol. The summed E-state index contributed by atoms with van der Waals surface area (Å²) in [4.78, 5) is 2.53. The van der Waals surface area contributed by atoms with Gasteiger partial charge in [0.05, 0.1) is 0 Å². The summed E-state index contributed by atoms with van der Waals surface area (Å²) in [6, 6.07) is 0.775. The van der Waals surface area contributed by atoms with Crippen LogP contribution in [0.2, 0.25) is 0 Å². The Balaban J connectivity index is 0.000000146. The first-order valence-electron chi connectivity index (χ1n) is 6.35. The second-order valence-electron chi connectivity index (χ2n) is 5.42. The van der Waals surface area contributed by atoms with Crippen molar-refractivity contribution in [2.45, 2.75) is 59.4 Å². The summed E-state index contributed by atoms with van der Waals surface area (Å²) < 4.78 is 0. The van der Waals surface area contributed by atoms with Gasteiger partial charge in [0, 0.05) is 6.04 Å². The van der Waals surface area contributed by atoms with Crippen molar-refractivity contribution >= 4 is 0 Å². The highest BCUT2D eigenvalue weighted by Gasteiger charge is 2.23. The molecule has 1 saturated heterocycles. The first kappa shape index (κ1) is 12.0. The number of nitrogens with zero attached hydrogens (tertiary/aromatic N) is 1. The number of likely N-dealkylation sites (tertiary alicyclic amines) is 1. The van der Waals surface area contributed by atoms with Gasteiger partial charge in [0.2, 0.25) is 0 Å². The maximum absolute atomic E-state index is 2.53. The molecule has 0 N–H and O–H groups in total. The van der Waals surface area contributed by atoms with Crippen LogP contribution in [-0.4, -0.2) is 24.0 Å². The van der Waals surface area contributed by atoms with Gasteiger partial charge in [-0.05, 0) is 64.5 Å². The average molecular weight is 197 g/mol. The first-order valence-corrected chi connectivity index (χ1v) is 6.35. The minimum atomic E-state index is 0.775. The lowest BCUT2D eigenvalue weighted by Crippen LogP contribution is -2.26. The first-order chi connectivity index (χ1) is 6.61. The topological polar surface area (TPSA) is 3.24 Å². The monoisotopic (exact) mass is 197 g/mol. The SMILES string of the molecule is CC(C)C1CC1.CC(C)N1CCCC1. The molecule has 2 rings (SSSR count). The van der Waals surface area contributed by atoms with Crippen molar-refractivity contribution in [3.63, 3.8) is 0 Å². The van der Waals surface area contributed by atoms with E-state index in [4.69, 9.17) is 0 Å². The van der Waals surface area contributed by atoms with E-state index in [1.165, 1.54) is 38.8 Å². The Hall–Kier alpha value is -0.0400. The van der Waals surface area contributed by atoms with Crippen LogP contribution in [0.4, 0.5) is 0 Å². The summed E-state index contributed by atoms with van der Waals surface area (Å²) in [7, 11) is 0. The van der Waals surface area contributed by atoms with E-state index in [1.807, 2.05) is 0 Å². The van der Waals surface area contributed by atoms with Gasteiger partial charge in [0.25, 0.3) is 0 Å². The summed E-state index contributed by atoms with van der Waals surface area (Å²) in [5, 5.41) is 0. The number of hydrogen-bond donors (Lipinski definition) is 0. The molecule has 0 bridgehead atoms. The fraction of sp³-hybridized carbons (Fsp3) is 1.00. The van der Waals surface area contributed by atoms with E-state index in [-0.39, 0.29) is 0 Å². The molecule has 1 heteroatoms. The van der Waals surface area contributed by atoms with Gasteiger partial charge < -0.3 is 4.90 Å². The molecule has 14 heavy (non-hydrogen) atoms. The van der Waals surface area contributed by atoms with Gasteiger partial charge in [-0.15, -0.1) is 0 Å². The van der Waals surface area contributed by atoms with E-state index in [0.717, 1.165) is 17.9 Å². The third-order valence-corrected chi connectivity index (χ3v) is 3.44. The Morgan fingerprint density at radius 2 is 1.43 bits per heavy atom. The summed E-state index contributed by atoms with van der Waals surface area (Å²) in [6.45, 7) is 11.8. The van der Waals surface area contributed by atoms with Gasteiger partial charge in [-0.3, -0.25) is 0 Å². The standard InChI is InChI=1S/C7H15N.C6H12/c1-7(2)8-5-3-4-6-8;1-5(2)6-3-4-6/h7H,3-6H2,1-2H3;5-6H,3-4H2,1-2H3. The van der Waals surface area contributed by atoms with Crippen molar-refractivity contribution in [3.05, 3.63) is 0 Å². The minimum Gasteiger partial charge on any atom is -0.301 e. The lowest BCUT2D eigenvalue weighted by atomic mass is 10.1. The predicted octanol–water partition coefficient (Wildman–Crippen LogP) is 3.54. The highest BCUT2D eigenvalue weighted by molar-refractivity contribution is 4.75. The molecule has 0 aromatic rings. The minimum absolute atomic E-state index is 0.775. The molecular formula is C13H27N. The third-order valence-electron chi connectivity index (χ3n) is 3.44. The molecule has 1 saturated carbocycles. The second-order valence-corrected chi connectivity index (χ2v) is 5.42. The summed E-state index contributed by atoms with van der Waals surface area (Å²) in [5.41, 5.74) is 0. The molecule has 0 amide bonds. The zero-order valence-corrected chi connectivity index (χ0v) is 10.4. The Morgan fingerprint density at radius 3 is 1.57 bits per heavy atom. The van der Waals surface area contributed by atoms with Crippen molar-refractivity contribution in [3.8, 4) is 0 Å². The Labute approximate surface area is 89.9 Å². The van der Waals surface area contributed by atoms with Crippen LogP contribution >= 0.6 is 0 Å². The van der Waals surface area contributed by atoms with Crippen LogP contribution < -0.4 is 0 Å². The van der Waals surface area contributed by atoms with E-state index in [1.54, 1.807) is 0 Å². The van der Waals surface area contributed by atoms with Crippen LogP contribution in [0.25, 0.3) is 0 Å². The molecule has 2 fully saturated rings. The molecule has 0 aromatic carbocycles. The van der Waals surface area contributed by atoms with Gasteiger partial charge in [-0.2, -0.15) is 0 Å². The van der Waals surface area contributed by atoms with Crippen molar-refractivity contribution in [1.82, 2.24) is 4.90 Å². The van der Waals surface area contributed by atoms with Crippen molar-refractivity contribution in [2.75, 3.05) is 13.1 Å². The molecule has 0 atom stereocenters. The zero-order valence-electron chi connectivity index (χ0n) is 10.4. The van der Waals surface area contributed by atoms with Crippen LogP contribution in [-0.2, 0) is 0 Å². The smallest absolute Gasteiger partial charge is 0.00385 e. The van der Waals surface area contributed by atoms with Crippen molar-refractivity contribution in [2.24, 2.45) is 11.8 Å². The largest absolute Gasteiger partial charge is 0.301 e. The molecule has 0 spiro atoms. The molecule has 1 heterocycles. The fourth-order valence-electron chi connectivity index (χ4n) is 2.02. The maximum Gasteiger partial charge on any atom is 0.00385 e. The van der Waals surface area contributed by atoms with E-state index in [9.17, 15) is 0 Å². The van der Waals surface area contributed by atoms with Gasteiger partial charge in [-0.25, -0.2) is 0 Å². The Bertz CT molecular complexity index is 141. The van der Waals surface area contributed by atoms with Crippen molar-refractivity contribution in [1.29, 1.82) is 0 Å². The molecule has 1 aliphatic carbocycles. The van der Waals surface area contributed by atoms with E-state index in [2.05, 4.69) is 32.6 Å². The molecule has 84 valence electrons. The van der Waals surface area contributed by atoms with Crippen LogP contribution in [0.1, 0.15) is 53.4 Å². The van der Waals surface area contributed by atoms with Crippen LogP contribution in [0, 0.1) is 11.8 Å². The summed E-state index contributed by atoms with van der Waals surface area (Å²) in [5.74, 6) is 2.06. The molecule has 0 unspecified atom stereocenters. The van der Waals surface area contributed by atoms with E-state index in [0.29, 0.717) is 0 Å². The second kappa shape index (κ2) is 5.75. The lowest BCUT2D eigenvalue weighted by Gasteiger charge is -2.18. The van der Waals surface area contributed by atoms with E-state index >= 15 is 0 Å². The number of hydrogen-bond acceptors (Lipinski definition) is 1. The molecule has 1 nitrogen and oxygen atoms in total. The summed E-state index contributed by atoms with van der Waals surface area (Å²) >= 11 is 0. The van der Waals surface area contributed by atoms with Crippen LogP contribution in [0.5, 0.6) is 0 Å². The maximum atomic E-state index is 2.53. The third kappa shape index (κ3) is 4.45. The van der Waals surface area contributed by atoms with Gasteiger partial charge in [-0.1, -0.05) is 13.8 Å². The molecule has 0 aromatic heterocycles. The fourth-order valence-corrected chi connectivity index (χ4v) is 2.02. The quantitative estimate of drug-likeness (QED) is 0.654. The Morgan fingerprint density at radius 1 is 0.929 bits per heavy atom. The van der Waals surface area contributed by atoms with Crippen molar-refractivity contribution < 1.29 is 0 Å². The average Bonchev–Trinajstić information content (AvgIpc) is 2.82. The Kier molecular flexibility index (Phi) is 4.94. The predicted molar refractivity (Wildman–Crippen MR) is 63.5 cm³/mol. The number of rotatable bonds is 2.